The van der Waals surface area contributed by atoms with Crippen molar-refractivity contribution in [3.8, 4) is 0 Å². The first-order chi connectivity index (χ1) is 13.1. The van der Waals surface area contributed by atoms with Gasteiger partial charge in [0.25, 0.3) is 5.91 Å². The van der Waals surface area contributed by atoms with Gasteiger partial charge in [0.2, 0.25) is 5.95 Å². The fourth-order valence-corrected chi connectivity index (χ4v) is 4.86. The summed E-state index contributed by atoms with van der Waals surface area (Å²) in [5, 5.41) is 10.3. The maximum atomic E-state index is 12.3. The summed E-state index contributed by atoms with van der Waals surface area (Å²) >= 11 is 0. The molecule has 0 radical (unpaired) electrons. The number of amides is 1. The molecule has 3 saturated heterocycles. The minimum atomic E-state index is -0.264. The monoisotopic (exact) mass is 371 g/mol. The zero-order valence-electron chi connectivity index (χ0n) is 15.0. The first-order valence-corrected chi connectivity index (χ1v) is 9.14. The van der Waals surface area contributed by atoms with Crippen LogP contribution in [0.5, 0.6) is 0 Å². The number of nitrogens with two attached hydrogens (primary N) is 1. The largest absolute Gasteiger partial charge is 0.384 e. The summed E-state index contributed by atoms with van der Waals surface area (Å²) < 4.78 is 11.0. The second-order valence-corrected chi connectivity index (χ2v) is 7.60. The molecule has 3 aliphatic heterocycles. The summed E-state index contributed by atoms with van der Waals surface area (Å²) in [7, 11) is 0. The zero-order chi connectivity index (χ0) is 18.6. The van der Waals surface area contributed by atoms with Crippen molar-refractivity contribution in [1.82, 2.24) is 25.6 Å². The first-order valence-electron chi connectivity index (χ1n) is 9.14. The predicted octanol–water partition coefficient (Wildman–Crippen LogP) is 0.164. The summed E-state index contributed by atoms with van der Waals surface area (Å²) in [6.07, 6.45) is 3.88. The highest BCUT2D eigenvalue weighted by molar-refractivity contribution is 5.92. The van der Waals surface area contributed by atoms with Crippen LogP contribution in [0, 0.1) is 18.8 Å². The minimum Gasteiger partial charge on any atom is -0.384 e. The van der Waals surface area contributed by atoms with Gasteiger partial charge in [-0.3, -0.25) is 4.79 Å². The number of carbonyl (C=O) groups excluding carboxylic acids is 1. The van der Waals surface area contributed by atoms with E-state index >= 15 is 0 Å². The van der Waals surface area contributed by atoms with Crippen LogP contribution in [0.25, 0.3) is 0 Å². The third-order valence-electron chi connectivity index (χ3n) is 6.10. The van der Waals surface area contributed by atoms with Gasteiger partial charge in [0.15, 0.2) is 5.69 Å². The third kappa shape index (κ3) is 2.54. The number of aromatic nitrogens is 4. The van der Waals surface area contributed by atoms with Crippen LogP contribution >= 0.6 is 0 Å². The van der Waals surface area contributed by atoms with E-state index in [0.29, 0.717) is 29.9 Å². The Labute approximate surface area is 155 Å². The molecule has 0 aliphatic carbocycles. The van der Waals surface area contributed by atoms with Gasteiger partial charge in [0.1, 0.15) is 11.5 Å². The van der Waals surface area contributed by atoms with Crippen LogP contribution in [-0.4, -0.2) is 57.5 Å². The van der Waals surface area contributed by atoms with Crippen LogP contribution in [0.3, 0.4) is 0 Å². The number of hydrogen-bond acceptors (Lipinski definition) is 9. The molecule has 3 fully saturated rings. The fourth-order valence-electron chi connectivity index (χ4n) is 4.86. The van der Waals surface area contributed by atoms with E-state index in [4.69, 9.17) is 10.5 Å². The molecule has 4 atom stereocenters. The number of rotatable bonds is 4. The average Bonchev–Trinajstić information content (AvgIpc) is 3.39. The van der Waals surface area contributed by atoms with E-state index in [0.717, 1.165) is 25.9 Å². The van der Waals surface area contributed by atoms with Crippen LogP contribution in [0.15, 0.2) is 16.9 Å². The summed E-state index contributed by atoms with van der Waals surface area (Å²) in [6, 6.07) is 1.68. The number of nitrogens with one attached hydrogen (secondary N) is 1. The highest BCUT2D eigenvalue weighted by Crippen LogP contribution is 2.54. The summed E-state index contributed by atoms with van der Waals surface area (Å²) in [5.74, 6) is 1.39. The topological polar surface area (TPSA) is 132 Å². The highest BCUT2D eigenvalue weighted by Gasteiger charge is 2.63. The summed E-state index contributed by atoms with van der Waals surface area (Å²) in [4.78, 5) is 23.2. The molecule has 2 aromatic rings. The number of nitrogen functional groups attached to an aromatic ring is 1. The molecule has 10 heteroatoms. The summed E-state index contributed by atoms with van der Waals surface area (Å²) in [6.45, 7) is 3.79. The molecular weight excluding hydrogens is 350 g/mol. The lowest BCUT2D eigenvalue weighted by Crippen LogP contribution is -2.42. The highest BCUT2D eigenvalue weighted by atomic mass is 16.6. The Balaban J connectivity index is 1.31. The Bertz CT molecular complexity index is 887. The maximum Gasteiger partial charge on any atom is 0.275 e. The number of ether oxygens (including phenoxy) is 1. The molecule has 142 valence electrons. The van der Waals surface area contributed by atoms with Crippen LogP contribution in [-0.2, 0) is 4.74 Å². The standard InChI is InChI=1S/C17H21N7O3/c1-9-14(23-27-22-9)15(25)20-6-10-11-7-24(16-19-5-3-13(18)21-16)8-17(11)4-2-12(10)26-17/h3,5,10-12H,2,4,6-8H2,1H3,(H,20,25)(H2,18,19,21)/t10-,11+,12+,17+/m0/s1. The molecule has 5 heterocycles. The second kappa shape index (κ2) is 5.88. The molecule has 0 unspecified atom stereocenters. The fraction of sp³-hybridized carbons (Fsp3) is 0.588. The van der Waals surface area contributed by atoms with E-state index < -0.39 is 0 Å². The normalized spacial score (nSPS) is 31.3. The van der Waals surface area contributed by atoms with Gasteiger partial charge in [0, 0.05) is 31.1 Å². The zero-order valence-corrected chi connectivity index (χ0v) is 15.0. The molecule has 2 aromatic heterocycles. The maximum absolute atomic E-state index is 12.3. The molecule has 3 aliphatic rings. The molecule has 27 heavy (non-hydrogen) atoms. The predicted molar refractivity (Wildman–Crippen MR) is 93.8 cm³/mol. The third-order valence-corrected chi connectivity index (χ3v) is 6.10. The van der Waals surface area contributed by atoms with Gasteiger partial charge in [-0.05, 0) is 31.0 Å². The molecule has 2 bridgehead atoms. The van der Waals surface area contributed by atoms with Crippen LogP contribution in [0.4, 0.5) is 11.8 Å². The van der Waals surface area contributed by atoms with Gasteiger partial charge in [-0.2, -0.15) is 4.98 Å². The van der Waals surface area contributed by atoms with Crippen molar-refractivity contribution in [3.05, 3.63) is 23.7 Å². The van der Waals surface area contributed by atoms with E-state index in [9.17, 15) is 4.79 Å². The van der Waals surface area contributed by atoms with Gasteiger partial charge in [-0.15, -0.1) is 0 Å². The second-order valence-electron chi connectivity index (χ2n) is 7.60. The van der Waals surface area contributed by atoms with Crippen molar-refractivity contribution in [2.45, 2.75) is 31.5 Å². The van der Waals surface area contributed by atoms with Crippen molar-refractivity contribution in [3.63, 3.8) is 0 Å². The molecule has 3 N–H and O–H groups in total. The van der Waals surface area contributed by atoms with E-state index in [1.54, 1.807) is 19.2 Å². The van der Waals surface area contributed by atoms with Crippen molar-refractivity contribution in [2.24, 2.45) is 11.8 Å². The summed E-state index contributed by atoms with van der Waals surface area (Å²) in [5.41, 5.74) is 6.34. The van der Waals surface area contributed by atoms with Gasteiger partial charge in [-0.1, -0.05) is 5.16 Å². The Hall–Kier alpha value is -2.75. The number of anilines is 2. The molecular formula is C17H21N7O3. The van der Waals surface area contributed by atoms with Gasteiger partial charge >= 0.3 is 0 Å². The molecule has 1 spiro atoms. The van der Waals surface area contributed by atoms with E-state index in [2.05, 4.69) is 35.1 Å². The molecule has 5 rings (SSSR count). The minimum absolute atomic E-state index is 0.177. The van der Waals surface area contributed by atoms with Gasteiger partial charge < -0.3 is 20.7 Å². The molecule has 0 aromatic carbocycles. The van der Waals surface area contributed by atoms with Crippen LogP contribution < -0.4 is 16.0 Å². The van der Waals surface area contributed by atoms with E-state index in [1.807, 2.05) is 0 Å². The van der Waals surface area contributed by atoms with E-state index in [1.165, 1.54) is 0 Å². The number of hydrogen-bond donors (Lipinski definition) is 2. The Morgan fingerprint density at radius 3 is 3.15 bits per heavy atom. The average molecular weight is 371 g/mol. The van der Waals surface area contributed by atoms with Crippen molar-refractivity contribution >= 4 is 17.7 Å². The van der Waals surface area contributed by atoms with Gasteiger partial charge in [-0.25, -0.2) is 9.61 Å². The van der Waals surface area contributed by atoms with Crippen LogP contribution in [0.2, 0.25) is 0 Å². The lowest BCUT2D eigenvalue weighted by atomic mass is 9.73. The molecule has 0 saturated carbocycles. The SMILES string of the molecule is Cc1nonc1C(=O)NC[C@H]1[C@H]2CN(c3nccc(N)n3)C[C@]23CC[C@H]1O3. The van der Waals surface area contributed by atoms with Crippen molar-refractivity contribution < 1.29 is 14.2 Å². The molecule has 1 amide bonds. The van der Waals surface area contributed by atoms with E-state index in [-0.39, 0.29) is 29.2 Å². The Kier molecular flexibility index (Phi) is 3.58. The van der Waals surface area contributed by atoms with Crippen LogP contribution in [0.1, 0.15) is 29.0 Å². The first kappa shape index (κ1) is 16.4. The number of carbonyl (C=O) groups is 1. The lowest BCUT2D eigenvalue weighted by molar-refractivity contribution is 0.0141. The number of aryl methyl sites for hydroxylation is 1. The Morgan fingerprint density at radius 1 is 1.48 bits per heavy atom. The quantitative estimate of drug-likeness (QED) is 0.771. The number of fused-ring (bicyclic) bond motifs is 1. The van der Waals surface area contributed by atoms with Crippen molar-refractivity contribution in [1.29, 1.82) is 0 Å². The van der Waals surface area contributed by atoms with Crippen molar-refractivity contribution in [2.75, 3.05) is 30.3 Å². The smallest absolute Gasteiger partial charge is 0.275 e. The Morgan fingerprint density at radius 2 is 2.37 bits per heavy atom. The van der Waals surface area contributed by atoms with Gasteiger partial charge in [0.05, 0.1) is 18.2 Å². The lowest BCUT2D eigenvalue weighted by Gasteiger charge is -2.29. The number of nitrogens with zero attached hydrogens (tertiary/aromatic N) is 5. The molecule has 10 nitrogen and oxygen atoms in total.